The highest BCUT2D eigenvalue weighted by molar-refractivity contribution is 4.87. The molecule has 0 aliphatic carbocycles. The van der Waals surface area contributed by atoms with Crippen molar-refractivity contribution in [3.05, 3.63) is 0 Å². The summed E-state index contributed by atoms with van der Waals surface area (Å²) in [6.07, 6.45) is 0.986. The van der Waals surface area contributed by atoms with Crippen molar-refractivity contribution in [2.75, 3.05) is 26.3 Å². The lowest BCUT2D eigenvalue weighted by Crippen LogP contribution is -2.49. The fourth-order valence-corrected chi connectivity index (χ4v) is 2.48. The number of piperidine rings is 1. The van der Waals surface area contributed by atoms with E-state index in [0.717, 1.165) is 24.9 Å². The number of ether oxygens (including phenoxy) is 1. The predicted octanol–water partition coefficient (Wildman–Crippen LogP) is 0.724. The summed E-state index contributed by atoms with van der Waals surface area (Å²) in [4.78, 5) is 2.41. The summed E-state index contributed by atoms with van der Waals surface area (Å²) in [6, 6.07) is 0.255. The van der Waals surface area contributed by atoms with E-state index in [0.29, 0.717) is 13.2 Å². The molecule has 2 heterocycles. The van der Waals surface area contributed by atoms with Crippen molar-refractivity contribution in [1.82, 2.24) is 4.90 Å². The second-order valence-electron chi connectivity index (χ2n) is 4.91. The van der Waals surface area contributed by atoms with Gasteiger partial charge in [-0.15, -0.1) is 0 Å². The summed E-state index contributed by atoms with van der Waals surface area (Å²) in [5.41, 5.74) is 0. The van der Waals surface area contributed by atoms with Crippen LogP contribution in [0.25, 0.3) is 0 Å². The van der Waals surface area contributed by atoms with Gasteiger partial charge in [-0.3, -0.25) is 4.90 Å². The fraction of sp³-hybridized carbons (Fsp3) is 1.00. The van der Waals surface area contributed by atoms with E-state index < -0.39 is 0 Å². The van der Waals surface area contributed by atoms with Gasteiger partial charge in [-0.2, -0.15) is 0 Å². The van der Waals surface area contributed by atoms with Gasteiger partial charge in [-0.25, -0.2) is 0 Å². The number of rotatable bonds is 1. The van der Waals surface area contributed by atoms with Gasteiger partial charge in [0, 0.05) is 6.54 Å². The van der Waals surface area contributed by atoms with Crippen LogP contribution in [0, 0.1) is 11.8 Å². The monoisotopic (exact) mass is 199 g/mol. The summed E-state index contributed by atoms with van der Waals surface area (Å²) in [7, 11) is 0. The van der Waals surface area contributed by atoms with Crippen LogP contribution in [0.5, 0.6) is 0 Å². The Morgan fingerprint density at radius 3 is 2.57 bits per heavy atom. The molecule has 0 radical (unpaired) electrons. The van der Waals surface area contributed by atoms with Gasteiger partial charge in [0.05, 0.1) is 25.4 Å². The largest absolute Gasteiger partial charge is 0.389 e. The molecular formula is C11H21NO2. The molecule has 2 aliphatic rings. The van der Waals surface area contributed by atoms with Gasteiger partial charge in [0.2, 0.25) is 0 Å². The zero-order chi connectivity index (χ0) is 10.1. The highest BCUT2D eigenvalue weighted by Crippen LogP contribution is 2.26. The Kier molecular flexibility index (Phi) is 3.10. The van der Waals surface area contributed by atoms with Gasteiger partial charge in [-0.1, -0.05) is 13.8 Å². The predicted molar refractivity (Wildman–Crippen MR) is 55.1 cm³/mol. The minimum Gasteiger partial charge on any atom is -0.389 e. The first-order chi connectivity index (χ1) is 6.68. The van der Waals surface area contributed by atoms with E-state index in [2.05, 4.69) is 18.7 Å². The second-order valence-corrected chi connectivity index (χ2v) is 4.91. The summed E-state index contributed by atoms with van der Waals surface area (Å²) in [5, 5.41) is 9.73. The Hall–Kier alpha value is -0.120. The highest BCUT2D eigenvalue weighted by Gasteiger charge is 2.35. The zero-order valence-electron chi connectivity index (χ0n) is 9.15. The molecule has 4 unspecified atom stereocenters. The summed E-state index contributed by atoms with van der Waals surface area (Å²) in [5.74, 6) is 1.57. The fourth-order valence-electron chi connectivity index (χ4n) is 2.48. The van der Waals surface area contributed by atoms with Crippen molar-refractivity contribution >= 4 is 0 Å². The summed E-state index contributed by atoms with van der Waals surface area (Å²) >= 11 is 0. The van der Waals surface area contributed by atoms with Gasteiger partial charge in [0.15, 0.2) is 0 Å². The molecule has 2 fully saturated rings. The van der Waals surface area contributed by atoms with Crippen LogP contribution in [-0.4, -0.2) is 48.5 Å². The number of aliphatic hydroxyl groups excluding tert-OH is 1. The first-order valence-corrected chi connectivity index (χ1v) is 5.68. The zero-order valence-corrected chi connectivity index (χ0v) is 9.15. The van der Waals surface area contributed by atoms with E-state index in [1.165, 1.54) is 6.42 Å². The van der Waals surface area contributed by atoms with Gasteiger partial charge in [0.1, 0.15) is 0 Å². The minimum atomic E-state index is -0.268. The molecule has 0 spiro atoms. The van der Waals surface area contributed by atoms with Gasteiger partial charge >= 0.3 is 0 Å². The van der Waals surface area contributed by atoms with Crippen LogP contribution in [0.2, 0.25) is 0 Å². The summed E-state index contributed by atoms with van der Waals surface area (Å²) < 4.78 is 5.29. The first kappa shape index (κ1) is 10.4. The maximum atomic E-state index is 9.73. The molecule has 2 saturated heterocycles. The number of hydrogen-bond donors (Lipinski definition) is 1. The SMILES string of the molecule is CC1CCN(C2COCC2O)CC1C. The molecule has 3 nitrogen and oxygen atoms in total. The standard InChI is InChI=1S/C11H21NO2/c1-8-3-4-12(5-9(8)2)10-6-14-7-11(10)13/h8-11,13H,3-7H2,1-2H3. The average Bonchev–Trinajstić information content (AvgIpc) is 2.57. The third kappa shape index (κ3) is 1.95. The van der Waals surface area contributed by atoms with Crippen molar-refractivity contribution in [3.8, 4) is 0 Å². The van der Waals surface area contributed by atoms with Crippen LogP contribution in [0.15, 0.2) is 0 Å². The van der Waals surface area contributed by atoms with E-state index in [9.17, 15) is 5.11 Å². The molecule has 0 saturated carbocycles. The first-order valence-electron chi connectivity index (χ1n) is 5.68. The molecule has 82 valence electrons. The van der Waals surface area contributed by atoms with Crippen LogP contribution in [-0.2, 0) is 4.74 Å². The Balaban J connectivity index is 1.92. The van der Waals surface area contributed by atoms with Gasteiger partial charge < -0.3 is 9.84 Å². The van der Waals surface area contributed by atoms with Crippen molar-refractivity contribution < 1.29 is 9.84 Å². The second kappa shape index (κ2) is 4.17. The van der Waals surface area contributed by atoms with Crippen LogP contribution in [0.1, 0.15) is 20.3 Å². The molecule has 2 aliphatic heterocycles. The Labute approximate surface area is 86.0 Å². The van der Waals surface area contributed by atoms with Gasteiger partial charge in [-0.05, 0) is 24.8 Å². The third-order valence-electron chi connectivity index (χ3n) is 3.86. The van der Waals surface area contributed by atoms with Crippen LogP contribution >= 0.6 is 0 Å². The molecule has 3 heteroatoms. The number of nitrogens with zero attached hydrogens (tertiary/aromatic N) is 1. The summed E-state index contributed by atoms with van der Waals surface area (Å²) in [6.45, 7) is 8.10. The van der Waals surface area contributed by atoms with Crippen molar-refractivity contribution in [2.24, 2.45) is 11.8 Å². The number of aliphatic hydroxyl groups is 1. The lowest BCUT2D eigenvalue weighted by atomic mass is 9.87. The maximum Gasteiger partial charge on any atom is 0.0950 e. The quantitative estimate of drug-likeness (QED) is 0.675. The average molecular weight is 199 g/mol. The Morgan fingerprint density at radius 2 is 2.00 bits per heavy atom. The normalized spacial score (nSPS) is 45.6. The third-order valence-corrected chi connectivity index (χ3v) is 3.86. The van der Waals surface area contributed by atoms with E-state index in [4.69, 9.17) is 4.74 Å². The minimum absolute atomic E-state index is 0.255. The Bertz CT molecular complexity index is 198. The van der Waals surface area contributed by atoms with Crippen molar-refractivity contribution in [2.45, 2.75) is 32.4 Å². The van der Waals surface area contributed by atoms with E-state index >= 15 is 0 Å². The van der Waals surface area contributed by atoms with Crippen LogP contribution in [0.3, 0.4) is 0 Å². The molecule has 4 atom stereocenters. The smallest absolute Gasteiger partial charge is 0.0950 e. The molecule has 0 bridgehead atoms. The topological polar surface area (TPSA) is 32.7 Å². The Morgan fingerprint density at radius 1 is 1.21 bits per heavy atom. The lowest BCUT2D eigenvalue weighted by Gasteiger charge is -2.39. The van der Waals surface area contributed by atoms with Crippen LogP contribution in [0.4, 0.5) is 0 Å². The van der Waals surface area contributed by atoms with Crippen molar-refractivity contribution in [3.63, 3.8) is 0 Å². The maximum absolute atomic E-state index is 9.73. The molecule has 1 N–H and O–H groups in total. The molecule has 0 amide bonds. The molecule has 14 heavy (non-hydrogen) atoms. The van der Waals surface area contributed by atoms with E-state index in [-0.39, 0.29) is 12.1 Å². The molecular weight excluding hydrogens is 178 g/mol. The molecule has 0 aromatic rings. The number of likely N-dealkylation sites (tertiary alicyclic amines) is 1. The van der Waals surface area contributed by atoms with E-state index in [1.807, 2.05) is 0 Å². The van der Waals surface area contributed by atoms with Crippen molar-refractivity contribution in [1.29, 1.82) is 0 Å². The van der Waals surface area contributed by atoms with E-state index in [1.54, 1.807) is 0 Å². The highest BCUT2D eigenvalue weighted by atomic mass is 16.5. The molecule has 0 aromatic heterocycles. The number of hydrogen-bond acceptors (Lipinski definition) is 3. The molecule has 0 aromatic carbocycles. The lowest BCUT2D eigenvalue weighted by molar-refractivity contribution is 0.0406. The van der Waals surface area contributed by atoms with Crippen LogP contribution < -0.4 is 0 Å². The van der Waals surface area contributed by atoms with Gasteiger partial charge in [0.25, 0.3) is 0 Å². The molecule has 2 rings (SSSR count).